The quantitative estimate of drug-likeness (QED) is 0.252. The highest BCUT2D eigenvalue weighted by Gasteiger charge is 2.27. The maximum atomic E-state index is 11.3. The fourth-order valence-electron chi connectivity index (χ4n) is 4.47. The van der Waals surface area contributed by atoms with Crippen molar-refractivity contribution in [1.29, 1.82) is 0 Å². The van der Waals surface area contributed by atoms with Gasteiger partial charge in [0.25, 0.3) is 0 Å². The highest BCUT2D eigenvalue weighted by atomic mass is 32.2. The molecule has 0 bridgehead atoms. The number of ether oxygens (including phenoxy) is 3. The summed E-state index contributed by atoms with van der Waals surface area (Å²) in [5.74, 6) is 0.0822. The number of nitrogens with two attached hydrogens (primary N) is 1. The molecular formula is C29H44N2O6S. The van der Waals surface area contributed by atoms with E-state index in [1.165, 1.54) is 0 Å². The Kier molecular flexibility index (Phi) is 12.0. The van der Waals surface area contributed by atoms with Gasteiger partial charge in [0.2, 0.25) is 15.8 Å². The Bertz CT molecular complexity index is 1110. The molecule has 0 radical (unpaired) electrons. The standard InChI is InChI=1S/C29H44N2O6S/c1-29(2)36-21-26-19-25(13-14-28(26)37-29)27(32)20-31-15-6-3-4-7-16-35-17-8-5-10-23-11-9-12-24(18-23)22-38(30,33)34/h9,11-14,18-19,27,31-32H,3-8,10,15-17,20-22H2,1-2H3,(H2,30,33,34)/t27-/m0/s1. The first-order chi connectivity index (χ1) is 18.1. The highest BCUT2D eigenvalue weighted by Crippen LogP contribution is 2.32. The Morgan fingerprint density at radius 3 is 2.55 bits per heavy atom. The molecule has 2 aromatic rings. The molecule has 0 aromatic heterocycles. The average molecular weight is 549 g/mol. The summed E-state index contributed by atoms with van der Waals surface area (Å²) in [5, 5.41) is 19.0. The molecule has 8 nitrogen and oxygen atoms in total. The monoisotopic (exact) mass is 548 g/mol. The van der Waals surface area contributed by atoms with E-state index in [0.29, 0.717) is 13.2 Å². The third kappa shape index (κ3) is 11.4. The van der Waals surface area contributed by atoms with Crippen LogP contribution in [-0.4, -0.2) is 45.6 Å². The minimum atomic E-state index is -3.50. The van der Waals surface area contributed by atoms with Crippen molar-refractivity contribution in [3.63, 3.8) is 0 Å². The van der Waals surface area contributed by atoms with Gasteiger partial charge in [-0.25, -0.2) is 13.6 Å². The van der Waals surface area contributed by atoms with Crippen molar-refractivity contribution in [1.82, 2.24) is 5.32 Å². The Labute approximate surface area is 227 Å². The lowest BCUT2D eigenvalue weighted by molar-refractivity contribution is -0.180. The van der Waals surface area contributed by atoms with Gasteiger partial charge >= 0.3 is 0 Å². The highest BCUT2D eigenvalue weighted by molar-refractivity contribution is 7.88. The van der Waals surface area contributed by atoms with Crippen LogP contribution in [-0.2, 0) is 38.3 Å². The van der Waals surface area contributed by atoms with Crippen LogP contribution in [0.3, 0.4) is 0 Å². The largest absolute Gasteiger partial charge is 0.463 e. The summed E-state index contributed by atoms with van der Waals surface area (Å²) in [6, 6.07) is 13.4. The molecule has 1 atom stereocenters. The fourth-order valence-corrected chi connectivity index (χ4v) is 5.12. The molecule has 0 fully saturated rings. The van der Waals surface area contributed by atoms with Crippen molar-refractivity contribution in [2.24, 2.45) is 5.14 Å². The topological polar surface area (TPSA) is 120 Å². The molecule has 4 N–H and O–H groups in total. The first kappa shape index (κ1) is 30.5. The minimum absolute atomic E-state index is 0.123. The van der Waals surface area contributed by atoms with Crippen LogP contribution in [0, 0.1) is 0 Å². The van der Waals surface area contributed by atoms with E-state index in [1.807, 2.05) is 50.2 Å². The Balaban J connectivity index is 1.15. The number of hydrogen-bond acceptors (Lipinski definition) is 7. The molecule has 0 saturated carbocycles. The van der Waals surface area contributed by atoms with Crippen LogP contribution in [0.5, 0.6) is 5.75 Å². The van der Waals surface area contributed by atoms with Gasteiger partial charge in [0.05, 0.1) is 18.5 Å². The Morgan fingerprint density at radius 1 is 1.03 bits per heavy atom. The van der Waals surface area contributed by atoms with Crippen LogP contribution in [0.15, 0.2) is 42.5 Å². The minimum Gasteiger partial charge on any atom is -0.463 e. The van der Waals surface area contributed by atoms with Gasteiger partial charge in [0.1, 0.15) is 5.75 Å². The second-order valence-corrected chi connectivity index (χ2v) is 12.1. The Morgan fingerprint density at radius 2 is 1.76 bits per heavy atom. The smallest absolute Gasteiger partial charge is 0.213 e. The zero-order valence-corrected chi connectivity index (χ0v) is 23.6. The molecule has 0 saturated heterocycles. The molecule has 38 heavy (non-hydrogen) atoms. The summed E-state index contributed by atoms with van der Waals surface area (Å²) in [6.45, 7) is 7.19. The van der Waals surface area contributed by atoms with E-state index in [0.717, 1.165) is 92.7 Å². The number of rotatable bonds is 17. The number of benzene rings is 2. The lowest BCUT2D eigenvalue weighted by atomic mass is 10.0. The SMILES string of the molecule is CC1(C)OCc2cc([C@@H](O)CNCCCCCCOCCCCc3cccc(CS(N)(=O)=O)c3)ccc2O1. The number of aryl methyl sites for hydroxylation is 1. The van der Waals surface area contributed by atoms with E-state index in [2.05, 4.69) is 5.32 Å². The van der Waals surface area contributed by atoms with Crippen LogP contribution < -0.4 is 15.2 Å². The third-order valence-corrected chi connectivity index (χ3v) is 7.23. The predicted octanol–water partition coefficient (Wildman–Crippen LogP) is 4.34. The maximum Gasteiger partial charge on any atom is 0.213 e. The van der Waals surface area contributed by atoms with Crippen LogP contribution in [0.4, 0.5) is 0 Å². The molecule has 0 spiro atoms. The van der Waals surface area contributed by atoms with E-state index in [4.69, 9.17) is 19.3 Å². The summed E-state index contributed by atoms with van der Waals surface area (Å²) in [6.07, 6.45) is 6.70. The summed E-state index contributed by atoms with van der Waals surface area (Å²) >= 11 is 0. The van der Waals surface area contributed by atoms with Gasteiger partial charge < -0.3 is 24.6 Å². The Hall–Kier alpha value is -2.01. The predicted molar refractivity (Wildman–Crippen MR) is 149 cm³/mol. The number of nitrogens with one attached hydrogen (secondary N) is 1. The molecule has 0 unspecified atom stereocenters. The molecule has 212 valence electrons. The summed E-state index contributed by atoms with van der Waals surface area (Å²) in [7, 11) is -3.50. The van der Waals surface area contributed by atoms with E-state index in [9.17, 15) is 13.5 Å². The van der Waals surface area contributed by atoms with Crippen molar-refractivity contribution in [2.75, 3.05) is 26.3 Å². The summed E-state index contributed by atoms with van der Waals surface area (Å²) in [4.78, 5) is 0. The first-order valence-electron chi connectivity index (χ1n) is 13.6. The van der Waals surface area contributed by atoms with Crippen molar-refractivity contribution in [3.05, 3.63) is 64.7 Å². The van der Waals surface area contributed by atoms with Gasteiger partial charge in [-0.2, -0.15) is 0 Å². The van der Waals surface area contributed by atoms with Crippen LogP contribution in [0.25, 0.3) is 0 Å². The molecule has 9 heteroatoms. The zero-order chi connectivity index (χ0) is 27.4. The van der Waals surface area contributed by atoms with Crippen LogP contribution >= 0.6 is 0 Å². The second-order valence-electron chi connectivity index (χ2n) is 10.5. The molecule has 1 heterocycles. The number of unbranched alkanes of at least 4 members (excludes halogenated alkanes) is 4. The van der Waals surface area contributed by atoms with Crippen LogP contribution in [0.1, 0.15) is 80.7 Å². The van der Waals surface area contributed by atoms with Gasteiger partial charge in [-0.1, -0.05) is 43.2 Å². The van der Waals surface area contributed by atoms with E-state index >= 15 is 0 Å². The maximum absolute atomic E-state index is 11.3. The second kappa shape index (κ2) is 15.0. The number of hydrogen-bond donors (Lipinski definition) is 3. The lowest BCUT2D eigenvalue weighted by Crippen LogP contribution is -2.35. The molecule has 1 aliphatic rings. The fraction of sp³-hybridized carbons (Fsp3) is 0.586. The molecule has 0 aliphatic carbocycles. The number of aliphatic hydroxyl groups is 1. The van der Waals surface area contributed by atoms with Crippen molar-refractivity contribution in [3.8, 4) is 5.75 Å². The van der Waals surface area contributed by atoms with Crippen molar-refractivity contribution in [2.45, 2.75) is 83.0 Å². The van der Waals surface area contributed by atoms with E-state index in [-0.39, 0.29) is 5.75 Å². The van der Waals surface area contributed by atoms with Crippen molar-refractivity contribution >= 4 is 10.0 Å². The molecule has 0 amide bonds. The first-order valence-corrected chi connectivity index (χ1v) is 15.3. The average Bonchev–Trinajstić information content (AvgIpc) is 2.85. The molecule has 2 aromatic carbocycles. The zero-order valence-electron chi connectivity index (χ0n) is 22.8. The van der Waals surface area contributed by atoms with E-state index in [1.54, 1.807) is 6.07 Å². The number of sulfonamides is 1. The summed E-state index contributed by atoms with van der Waals surface area (Å²) in [5.41, 5.74) is 3.70. The molecular weight excluding hydrogens is 504 g/mol. The number of fused-ring (bicyclic) bond motifs is 1. The van der Waals surface area contributed by atoms with Crippen molar-refractivity contribution < 1.29 is 27.7 Å². The number of primary sulfonamides is 1. The van der Waals surface area contributed by atoms with Gasteiger partial charge in [-0.15, -0.1) is 0 Å². The normalized spacial score (nSPS) is 15.6. The summed E-state index contributed by atoms with van der Waals surface area (Å²) < 4.78 is 39.8. The van der Waals surface area contributed by atoms with E-state index < -0.39 is 21.9 Å². The van der Waals surface area contributed by atoms with Crippen LogP contribution in [0.2, 0.25) is 0 Å². The van der Waals surface area contributed by atoms with Gasteiger partial charge in [-0.3, -0.25) is 0 Å². The van der Waals surface area contributed by atoms with Gasteiger partial charge in [0.15, 0.2) is 0 Å². The molecule has 3 rings (SSSR count). The lowest BCUT2D eigenvalue weighted by Gasteiger charge is -2.33. The number of aliphatic hydroxyl groups excluding tert-OH is 1. The van der Waals surface area contributed by atoms with Gasteiger partial charge in [-0.05, 0) is 67.5 Å². The third-order valence-electron chi connectivity index (χ3n) is 6.49. The molecule has 1 aliphatic heterocycles. The van der Waals surface area contributed by atoms with Gasteiger partial charge in [0, 0.05) is 39.2 Å².